The minimum atomic E-state index is -0.361. The van der Waals surface area contributed by atoms with Crippen LogP contribution in [-0.4, -0.2) is 17.7 Å². The molecule has 0 saturated heterocycles. The summed E-state index contributed by atoms with van der Waals surface area (Å²) in [5, 5.41) is 2.79. The van der Waals surface area contributed by atoms with Gasteiger partial charge < -0.3 is 19.5 Å². The summed E-state index contributed by atoms with van der Waals surface area (Å²) in [6.07, 6.45) is 1.70. The summed E-state index contributed by atoms with van der Waals surface area (Å²) in [5.41, 5.74) is 1.22. The smallest absolute Gasteiger partial charge is 0.243 e. The average molecular weight is 366 g/mol. The molecular formula is C20H15FN2O4. The van der Waals surface area contributed by atoms with Crippen LogP contribution in [0.3, 0.4) is 0 Å². The van der Waals surface area contributed by atoms with Crippen molar-refractivity contribution in [2.45, 2.75) is 6.42 Å². The van der Waals surface area contributed by atoms with E-state index in [1.165, 1.54) is 24.3 Å². The average Bonchev–Trinajstić information content (AvgIpc) is 3.13. The van der Waals surface area contributed by atoms with E-state index in [1.807, 2.05) is 6.07 Å². The zero-order valence-corrected chi connectivity index (χ0v) is 14.1. The van der Waals surface area contributed by atoms with Gasteiger partial charge in [-0.2, -0.15) is 0 Å². The number of carbonyl (C=O) groups is 1. The van der Waals surface area contributed by atoms with E-state index >= 15 is 0 Å². The number of benzene rings is 2. The molecule has 0 aliphatic carbocycles. The van der Waals surface area contributed by atoms with E-state index in [9.17, 15) is 9.18 Å². The van der Waals surface area contributed by atoms with Gasteiger partial charge in [-0.05, 0) is 54.1 Å². The van der Waals surface area contributed by atoms with E-state index in [4.69, 9.17) is 14.2 Å². The first kappa shape index (κ1) is 16.8. The van der Waals surface area contributed by atoms with Crippen molar-refractivity contribution in [3.63, 3.8) is 0 Å². The van der Waals surface area contributed by atoms with Gasteiger partial charge in [0.1, 0.15) is 17.3 Å². The Kier molecular flexibility index (Phi) is 4.57. The van der Waals surface area contributed by atoms with E-state index in [2.05, 4.69) is 10.3 Å². The second-order valence-electron chi connectivity index (χ2n) is 5.82. The Morgan fingerprint density at radius 3 is 2.78 bits per heavy atom. The molecule has 2 heterocycles. The summed E-state index contributed by atoms with van der Waals surface area (Å²) in [6.45, 7) is 0.185. The molecule has 6 nitrogen and oxygen atoms in total. The monoisotopic (exact) mass is 366 g/mol. The zero-order chi connectivity index (χ0) is 18.6. The minimum absolute atomic E-state index is 0.154. The summed E-state index contributed by atoms with van der Waals surface area (Å²) in [6, 6.07) is 14.3. The van der Waals surface area contributed by atoms with E-state index in [1.54, 1.807) is 30.5 Å². The van der Waals surface area contributed by atoms with Gasteiger partial charge in [0, 0.05) is 6.20 Å². The van der Waals surface area contributed by atoms with Crippen LogP contribution in [0.4, 0.5) is 10.1 Å². The van der Waals surface area contributed by atoms with Crippen LogP contribution in [0.5, 0.6) is 23.1 Å². The molecule has 27 heavy (non-hydrogen) atoms. The molecule has 1 aliphatic heterocycles. The molecule has 4 rings (SSSR count). The van der Waals surface area contributed by atoms with Crippen LogP contribution >= 0.6 is 0 Å². The molecule has 0 bridgehead atoms. The standard InChI is InChI=1S/C20H15FN2O4/c21-14-4-6-15(7-5-14)27-20-16(2-1-9-22-20)23-19(24)11-13-3-8-17-18(10-13)26-12-25-17/h1-10H,11-12H2,(H,23,24). The Bertz CT molecular complexity index is 976. The molecule has 7 heteroatoms. The second kappa shape index (κ2) is 7.33. The largest absolute Gasteiger partial charge is 0.454 e. The van der Waals surface area contributed by atoms with Crippen molar-refractivity contribution in [3.8, 4) is 23.1 Å². The maximum atomic E-state index is 13.0. The lowest BCUT2D eigenvalue weighted by Crippen LogP contribution is -2.15. The van der Waals surface area contributed by atoms with Crippen LogP contribution in [0.1, 0.15) is 5.56 Å². The third kappa shape index (κ3) is 3.98. The van der Waals surface area contributed by atoms with E-state index < -0.39 is 0 Å². The first-order chi connectivity index (χ1) is 13.2. The topological polar surface area (TPSA) is 69.7 Å². The molecule has 2 aromatic carbocycles. The molecule has 1 N–H and O–H groups in total. The number of amides is 1. The van der Waals surface area contributed by atoms with Gasteiger partial charge in [-0.3, -0.25) is 4.79 Å². The molecule has 1 amide bonds. The van der Waals surface area contributed by atoms with Gasteiger partial charge in [-0.1, -0.05) is 6.07 Å². The molecule has 0 fully saturated rings. The number of hydrogen-bond donors (Lipinski definition) is 1. The highest BCUT2D eigenvalue weighted by Gasteiger charge is 2.15. The fraction of sp³-hybridized carbons (Fsp3) is 0.100. The Labute approximate surface area is 154 Å². The number of pyridine rings is 1. The molecule has 136 valence electrons. The lowest BCUT2D eigenvalue weighted by Gasteiger charge is -2.11. The van der Waals surface area contributed by atoms with Crippen molar-refractivity contribution >= 4 is 11.6 Å². The van der Waals surface area contributed by atoms with E-state index in [-0.39, 0.29) is 30.8 Å². The van der Waals surface area contributed by atoms with Crippen LogP contribution in [-0.2, 0) is 11.2 Å². The number of fused-ring (bicyclic) bond motifs is 1. The molecule has 0 radical (unpaired) electrons. The maximum absolute atomic E-state index is 13.0. The third-order valence-electron chi connectivity index (χ3n) is 3.88. The summed E-state index contributed by atoms with van der Waals surface area (Å²) in [7, 11) is 0. The number of anilines is 1. The predicted molar refractivity (Wildman–Crippen MR) is 95.6 cm³/mol. The molecule has 0 spiro atoms. The van der Waals surface area contributed by atoms with Crippen LogP contribution < -0.4 is 19.5 Å². The quantitative estimate of drug-likeness (QED) is 0.741. The lowest BCUT2D eigenvalue weighted by atomic mass is 10.1. The van der Waals surface area contributed by atoms with E-state index in [0.29, 0.717) is 22.9 Å². The number of aromatic nitrogens is 1. The molecule has 3 aromatic rings. The van der Waals surface area contributed by atoms with Gasteiger partial charge in [0.25, 0.3) is 0 Å². The number of nitrogens with zero attached hydrogens (tertiary/aromatic N) is 1. The fourth-order valence-corrected chi connectivity index (χ4v) is 2.61. The van der Waals surface area contributed by atoms with Gasteiger partial charge in [-0.25, -0.2) is 9.37 Å². The minimum Gasteiger partial charge on any atom is -0.454 e. The summed E-state index contributed by atoms with van der Waals surface area (Å²) in [5.74, 6) is 1.35. The normalized spacial score (nSPS) is 11.9. The number of ether oxygens (including phenoxy) is 3. The Hall–Kier alpha value is -3.61. The van der Waals surface area contributed by atoms with Crippen LogP contribution in [0, 0.1) is 5.82 Å². The first-order valence-electron chi connectivity index (χ1n) is 8.24. The number of nitrogens with one attached hydrogen (secondary N) is 1. The molecule has 1 aliphatic rings. The van der Waals surface area contributed by atoms with Gasteiger partial charge in [0.15, 0.2) is 11.5 Å². The second-order valence-corrected chi connectivity index (χ2v) is 5.82. The number of carbonyl (C=O) groups excluding carboxylic acids is 1. The van der Waals surface area contributed by atoms with Crippen LogP contribution in [0.15, 0.2) is 60.8 Å². The molecular weight excluding hydrogens is 351 g/mol. The summed E-state index contributed by atoms with van der Waals surface area (Å²) in [4.78, 5) is 16.6. The molecule has 0 saturated carbocycles. The number of halogens is 1. The predicted octanol–water partition coefficient (Wildman–Crippen LogP) is 3.92. The van der Waals surface area contributed by atoms with Crippen molar-refractivity contribution in [2.24, 2.45) is 0 Å². The fourth-order valence-electron chi connectivity index (χ4n) is 2.61. The van der Waals surface area contributed by atoms with Gasteiger partial charge in [0.2, 0.25) is 18.6 Å². The third-order valence-corrected chi connectivity index (χ3v) is 3.88. The maximum Gasteiger partial charge on any atom is 0.243 e. The Balaban J connectivity index is 1.46. The van der Waals surface area contributed by atoms with Crippen LogP contribution in [0.25, 0.3) is 0 Å². The lowest BCUT2D eigenvalue weighted by molar-refractivity contribution is -0.115. The first-order valence-corrected chi connectivity index (χ1v) is 8.24. The van der Waals surface area contributed by atoms with Crippen molar-refractivity contribution in [1.29, 1.82) is 0 Å². The van der Waals surface area contributed by atoms with Crippen molar-refractivity contribution in [3.05, 3.63) is 72.2 Å². The van der Waals surface area contributed by atoms with Gasteiger partial charge in [0.05, 0.1) is 6.42 Å². The molecule has 0 atom stereocenters. The van der Waals surface area contributed by atoms with E-state index in [0.717, 1.165) is 5.56 Å². The van der Waals surface area contributed by atoms with Gasteiger partial charge in [-0.15, -0.1) is 0 Å². The Morgan fingerprint density at radius 1 is 1.11 bits per heavy atom. The van der Waals surface area contributed by atoms with Crippen LogP contribution in [0.2, 0.25) is 0 Å². The highest BCUT2D eigenvalue weighted by molar-refractivity contribution is 5.93. The highest BCUT2D eigenvalue weighted by atomic mass is 19.1. The number of rotatable bonds is 5. The Morgan fingerprint density at radius 2 is 1.93 bits per heavy atom. The van der Waals surface area contributed by atoms with Crippen molar-refractivity contribution in [2.75, 3.05) is 12.1 Å². The highest BCUT2D eigenvalue weighted by Crippen LogP contribution is 2.33. The SMILES string of the molecule is O=C(Cc1ccc2c(c1)OCO2)Nc1cccnc1Oc1ccc(F)cc1. The molecule has 0 unspecified atom stereocenters. The van der Waals surface area contributed by atoms with Gasteiger partial charge >= 0.3 is 0 Å². The van der Waals surface area contributed by atoms with Crippen molar-refractivity contribution < 1.29 is 23.4 Å². The summed E-state index contributed by atoms with van der Waals surface area (Å²) >= 11 is 0. The molecule has 1 aromatic heterocycles. The number of hydrogen-bond acceptors (Lipinski definition) is 5. The van der Waals surface area contributed by atoms with Crippen molar-refractivity contribution in [1.82, 2.24) is 4.98 Å². The zero-order valence-electron chi connectivity index (χ0n) is 14.1. The summed E-state index contributed by atoms with van der Waals surface area (Å²) < 4.78 is 29.3.